The third-order valence-corrected chi connectivity index (χ3v) is 4.58. The summed E-state index contributed by atoms with van der Waals surface area (Å²) in [7, 11) is 0. The van der Waals surface area contributed by atoms with Gasteiger partial charge in [0, 0.05) is 23.5 Å². The standard InChI is InChI=1S/C16H30N4S/c1-4-5-6-7-8-9-10-18-16(17)20-11-13(2)15-19-12-14(3)21-15/h12-13H,4-11H2,1-3H3,(H3,17,18,20). The van der Waals surface area contributed by atoms with Crippen LogP contribution in [0.25, 0.3) is 0 Å². The first-order valence-electron chi connectivity index (χ1n) is 8.09. The number of hydrogen-bond donors (Lipinski definition) is 2. The number of aryl methyl sites for hydroxylation is 1. The Balaban J connectivity index is 2.12. The third-order valence-electron chi connectivity index (χ3n) is 3.43. The lowest BCUT2D eigenvalue weighted by Crippen LogP contribution is -2.32. The maximum absolute atomic E-state index is 5.89. The van der Waals surface area contributed by atoms with E-state index in [4.69, 9.17) is 5.73 Å². The second-order valence-electron chi connectivity index (χ2n) is 5.63. The Morgan fingerprint density at radius 3 is 2.71 bits per heavy atom. The van der Waals surface area contributed by atoms with Crippen molar-refractivity contribution < 1.29 is 0 Å². The van der Waals surface area contributed by atoms with Crippen LogP contribution < -0.4 is 11.1 Å². The zero-order chi connectivity index (χ0) is 15.5. The van der Waals surface area contributed by atoms with Gasteiger partial charge < -0.3 is 11.1 Å². The Morgan fingerprint density at radius 2 is 2.05 bits per heavy atom. The molecule has 1 unspecified atom stereocenters. The summed E-state index contributed by atoms with van der Waals surface area (Å²) in [5.41, 5.74) is 5.89. The minimum atomic E-state index is 0.332. The summed E-state index contributed by atoms with van der Waals surface area (Å²) >= 11 is 1.74. The van der Waals surface area contributed by atoms with Crippen LogP contribution >= 0.6 is 11.3 Å². The molecule has 4 nitrogen and oxygen atoms in total. The highest BCUT2D eigenvalue weighted by molar-refractivity contribution is 7.11. The lowest BCUT2D eigenvalue weighted by atomic mass is 10.1. The monoisotopic (exact) mass is 310 g/mol. The van der Waals surface area contributed by atoms with Gasteiger partial charge in [-0.25, -0.2) is 4.98 Å². The summed E-state index contributed by atoms with van der Waals surface area (Å²) in [6.07, 6.45) is 9.69. The molecule has 0 aliphatic carbocycles. The normalized spacial score (nSPS) is 13.4. The van der Waals surface area contributed by atoms with E-state index in [0.717, 1.165) is 11.6 Å². The van der Waals surface area contributed by atoms with Crippen LogP contribution in [-0.4, -0.2) is 24.0 Å². The SMILES string of the molecule is CCCCCCCCNC(N)=NCC(C)c1ncc(C)s1. The van der Waals surface area contributed by atoms with Gasteiger partial charge in [0.15, 0.2) is 5.96 Å². The topological polar surface area (TPSA) is 63.3 Å². The highest BCUT2D eigenvalue weighted by Crippen LogP contribution is 2.20. The quantitative estimate of drug-likeness (QED) is 0.392. The Kier molecular flexibility index (Phi) is 9.06. The molecule has 1 rings (SSSR count). The lowest BCUT2D eigenvalue weighted by Gasteiger charge is -2.08. The highest BCUT2D eigenvalue weighted by Gasteiger charge is 2.08. The number of hydrogen-bond acceptors (Lipinski definition) is 3. The molecular weight excluding hydrogens is 280 g/mol. The van der Waals surface area contributed by atoms with E-state index in [2.05, 4.69) is 36.1 Å². The fourth-order valence-corrected chi connectivity index (χ4v) is 2.91. The summed E-state index contributed by atoms with van der Waals surface area (Å²) in [5.74, 6) is 0.891. The number of nitrogens with two attached hydrogens (primary N) is 1. The fourth-order valence-electron chi connectivity index (χ4n) is 2.09. The molecule has 0 amide bonds. The molecule has 0 aliphatic rings. The minimum absolute atomic E-state index is 0.332. The van der Waals surface area contributed by atoms with Crippen molar-refractivity contribution in [3.63, 3.8) is 0 Å². The number of nitrogens with one attached hydrogen (secondary N) is 1. The van der Waals surface area contributed by atoms with Gasteiger partial charge in [-0.15, -0.1) is 11.3 Å². The van der Waals surface area contributed by atoms with Crippen LogP contribution in [0.5, 0.6) is 0 Å². The molecule has 0 saturated heterocycles. The van der Waals surface area contributed by atoms with Crippen molar-refractivity contribution in [2.45, 2.75) is 65.2 Å². The molecule has 0 bridgehead atoms. The Morgan fingerprint density at radius 1 is 1.33 bits per heavy atom. The molecule has 0 aromatic carbocycles. The summed E-state index contributed by atoms with van der Waals surface area (Å²) < 4.78 is 0. The highest BCUT2D eigenvalue weighted by atomic mass is 32.1. The van der Waals surface area contributed by atoms with Gasteiger partial charge in [0.25, 0.3) is 0 Å². The first kappa shape index (κ1) is 18.0. The van der Waals surface area contributed by atoms with Crippen LogP contribution in [0.2, 0.25) is 0 Å². The van der Waals surface area contributed by atoms with Crippen molar-refractivity contribution in [2.24, 2.45) is 10.7 Å². The lowest BCUT2D eigenvalue weighted by molar-refractivity contribution is 0.601. The molecule has 21 heavy (non-hydrogen) atoms. The van der Waals surface area contributed by atoms with E-state index in [-0.39, 0.29) is 0 Å². The predicted molar refractivity (Wildman–Crippen MR) is 93.1 cm³/mol. The van der Waals surface area contributed by atoms with E-state index in [9.17, 15) is 0 Å². The maximum atomic E-state index is 5.89. The summed E-state index contributed by atoms with van der Waals surface area (Å²) in [6, 6.07) is 0. The Hall–Kier alpha value is -1.10. The number of aliphatic imine (C=N–C) groups is 1. The molecule has 1 atom stereocenters. The number of unbranched alkanes of at least 4 members (excludes halogenated alkanes) is 5. The van der Waals surface area contributed by atoms with E-state index in [0.29, 0.717) is 18.4 Å². The number of nitrogens with zero attached hydrogens (tertiary/aromatic N) is 2. The number of aromatic nitrogens is 1. The van der Waals surface area contributed by atoms with Gasteiger partial charge in [0.05, 0.1) is 11.6 Å². The first-order valence-corrected chi connectivity index (χ1v) is 8.91. The first-order chi connectivity index (χ1) is 10.1. The third kappa shape index (κ3) is 8.05. The second kappa shape index (κ2) is 10.6. The number of thiazole rings is 1. The Bertz CT molecular complexity index is 414. The smallest absolute Gasteiger partial charge is 0.188 e. The van der Waals surface area contributed by atoms with E-state index in [1.165, 1.54) is 43.4 Å². The van der Waals surface area contributed by atoms with Gasteiger partial charge >= 0.3 is 0 Å². The van der Waals surface area contributed by atoms with Crippen LogP contribution in [0.3, 0.4) is 0 Å². The van der Waals surface area contributed by atoms with Crippen LogP contribution in [0.4, 0.5) is 0 Å². The molecule has 1 aromatic rings. The summed E-state index contributed by atoms with van der Waals surface area (Å²) in [4.78, 5) is 10.0. The molecule has 1 aromatic heterocycles. The second-order valence-corrected chi connectivity index (χ2v) is 6.90. The molecule has 1 heterocycles. The molecule has 0 radical (unpaired) electrons. The van der Waals surface area contributed by atoms with Gasteiger partial charge in [0.2, 0.25) is 0 Å². The van der Waals surface area contributed by atoms with Crippen molar-refractivity contribution in [2.75, 3.05) is 13.1 Å². The van der Waals surface area contributed by atoms with E-state index in [1.807, 2.05) is 6.20 Å². The zero-order valence-electron chi connectivity index (χ0n) is 13.7. The van der Waals surface area contributed by atoms with E-state index < -0.39 is 0 Å². The number of rotatable bonds is 10. The molecule has 0 aliphatic heterocycles. The summed E-state index contributed by atoms with van der Waals surface area (Å²) in [6.45, 7) is 8.08. The maximum Gasteiger partial charge on any atom is 0.188 e. The van der Waals surface area contributed by atoms with E-state index in [1.54, 1.807) is 11.3 Å². The molecule has 120 valence electrons. The van der Waals surface area contributed by atoms with E-state index >= 15 is 0 Å². The zero-order valence-corrected chi connectivity index (χ0v) is 14.5. The van der Waals surface area contributed by atoms with Crippen molar-refractivity contribution in [1.29, 1.82) is 0 Å². The van der Waals surface area contributed by atoms with Gasteiger partial charge in [-0.3, -0.25) is 4.99 Å². The van der Waals surface area contributed by atoms with Crippen LogP contribution in [0, 0.1) is 6.92 Å². The van der Waals surface area contributed by atoms with Gasteiger partial charge in [-0.05, 0) is 13.3 Å². The van der Waals surface area contributed by atoms with Gasteiger partial charge in [-0.2, -0.15) is 0 Å². The summed E-state index contributed by atoms with van der Waals surface area (Å²) in [5, 5.41) is 4.34. The van der Waals surface area contributed by atoms with Gasteiger partial charge in [-0.1, -0.05) is 46.0 Å². The predicted octanol–water partition coefficient (Wildman–Crippen LogP) is 3.82. The van der Waals surface area contributed by atoms with Crippen LogP contribution in [0.1, 0.15) is 68.2 Å². The molecule has 5 heteroatoms. The van der Waals surface area contributed by atoms with Crippen molar-refractivity contribution in [3.05, 3.63) is 16.1 Å². The van der Waals surface area contributed by atoms with Crippen LogP contribution in [0.15, 0.2) is 11.2 Å². The Labute approximate surface area is 133 Å². The minimum Gasteiger partial charge on any atom is -0.370 e. The average molecular weight is 311 g/mol. The van der Waals surface area contributed by atoms with Crippen LogP contribution in [-0.2, 0) is 0 Å². The molecule has 0 spiro atoms. The fraction of sp³-hybridized carbons (Fsp3) is 0.750. The molecular formula is C16H30N4S. The van der Waals surface area contributed by atoms with Crippen molar-refractivity contribution in [1.82, 2.24) is 10.3 Å². The van der Waals surface area contributed by atoms with Gasteiger partial charge in [0.1, 0.15) is 0 Å². The largest absolute Gasteiger partial charge is 0.370 e. The molecule has 0 fully saturated rings. The van der Waals surface area contributed by atoms with Crippen molar-refractivity contribution in [3.8, 4) is 0 Å². The molecule has 0 saturated carbocycles. The average Bonchev–Trinajstić information content (AvgIpc) is 2.90. The number of guanidine groups is 1. The van der Waals surface area contributed by atoms with Crippen molar-refractivity contribution >= 4 is 17.3 Å². The molecule has 3 N–H and O–H groups in total.